The topological polar surface area (TPSA) is 38.7 Å². The molecule has 3 nitrogen and oxygen atoms in total. The van der Waals surface area contributed by atoms with Crippen molar-refractivity contribution in [2.24, 2.45) is 0 Å². The van der Waals surface area contributed by atoms with Crippen LogP contribution in [0.2, 0.25) is 18.1 Å². The lowest BCUT2D eigenvalue weighted by Gasteiger charge is -2.37. The molecule has 0 aliphatic rings. The summed E-state index contributed by atoms with van der Waals surface area (Å²) in [5.41, 5.74) is 1.83. The summed E-state index contributed by atoms with van der Waals surface area (Å²) in [5, 5.41) is 9.67. The van der Waals surface area contributed by atoms with E-state index in [4.69, 9.17) is 9.16 Å². The molecule has 0 fully saturated rings. The fourth-order valence-corrected chi connectivity index (χ4v) is 2.88. The molecule has 0 aliphatic carbocycles. The van der Waals surface area contributed by atoms with Crippen LogP contribution in [-0.2, 0) is 13.0 Å². The van der Waals surface area contributed by atoms with Gasteiger partial charge in [0.15, 0.2) is 11.5 Å². The minimum Gasteiger partial charge on any atom is -0.541 e. The molecule has 0 saturated carbocycles. The first-order chi connectivity index (χ1) is 9.67. The average Bonchev–Trinajstić information content (AvgIpc) is 2.39. The van der Waals surface area contributed by atoms with Crippen LogP contribution in [0.4, 0.5) is 0 Å². The Kier molecular flexibility index (Phi) is 5.65. The number of rotatable bonds is 6. The zero-order valence-corrected chi connectivity index (χ0v) is 15.1. The van der Waals surface area contributed by atoms with Crippen LogP contribution in [-0.4, -0.2) is 20.5 Å². The summed E-state index contributed by atoms with van der Waals surface area (Å²) in [5.74, 6) is 1.48. The first-order valence-electron chi connectivity index (χ1n) is 7.27. The van der Waals surface area contributed by atoms with Gasteiger partial charge >= 0.3 is 0 Å². The summed E-state index contributed by atoms with van der Waals surface area (Å²) in [6.07, 6.45) is 2.48. The summed E-state index contributed by atoms with van der Waals surface area (Å²) in [7, 11) is -0.342. The maximum absolute atomic E-state index is 9.57. The van der Waals surface area contributed by atoms with Crippen molar-refractivity contribution < 1.29 is 14.3 Å². The molecule has 1 N–H and O–H groups in total. The lowest BCUT2D eigenvalue weighted by atomic mass is 10.0. The summed E-state index contributed by atoms with van der Waals surface area (Å²) in [4.78, 5) is 0. The van der Waals surface area contributed by atoms with E-state index in [1.54, 1.807) is 7.11 Å². The summed E-state index contributed by atoms with van der Waals surface area (Å²) >= 11 is 0. The van der Waals surface area contributed by atoms with E-state index in [-0.39, 0.29) is 11.6 Å². The quantitative estimate of drug-likeness (QED) is 0.629. The average molecular weight is 308 g/mol. The highest BCUT2D eigenvalue weighted by molar-refractivity contribution is 6.74. The maximum Gasteiger partial charge on any atom is 0.250 e. The lowest BCUT2D eigenvalue weighted by molar-refractivity contribution is 0.279. The van der Waals surface area contributed by atoms with Crippen LogP contribution in [0, 0.1) is 0 Å². The maximum atomic E-state index is 9.57. The highest BCUT2D eigenvalue weighted by Gasteiger charge is 2.40. The van der Waals surface area contributed by atoms with Crippen LogP contribution < -0.4 is 9.16 Å². The number of allylic oxidation sites excluding steroid dienone is 1. The van der Waals surface area contributed by atoms with Gasteiger partial charge in [0.2, 0.25) is 0 Å². The Hall–Kier alpha value is -1.26. The molecule has 0 spiro atoms. The van der Waals surface area contributed by atoms with Gasteiger partial charge in [-0.3, -0.25) is 0 Å². The Labute approximate surface area is 129 Å². The standard InChI is InChI=1S/C17H28O3Si/c1-8-9-14-13(12-18)10-11-15(19-5)16(14)20-21(6,7)17(2,3)4/h8,10-11,18H,1,9,12H2,2-7H3. The number of hydrogen-bond acceptors (Lipinski definition) is 3. The number of methoxy groups -OCH3 is 1. The number of benzene rings is 1. The highest BCUT2D eigenvalue weighted by Crippen LogP contribution is 2.42. The van der Waals surface area contributed by atoms with E-state index in [0.717, 1.165) is 16.9 Å². The van der Waals surface area contributed by atoms with Crippen molar-refractivity contribution in [3.63, 3.8) is 0 Å². The molecule has 0 heterocycles. The number of aliphatic hydroxyl groups is 1. The second kappa shape index (κ2) is 6.67. The SMILES string of the molecule is C=CCc1c(CO)ccc(OC)c1O[Si](C)(C)C(C)(C)C. The van der Waals surface area contributed by atoms with Crippen molar-refractivity contribution in [1.82, 2.24) is 0 Å². The fourth-order valence-electron chi connectivity index (χ4n) is 1.84. The van der Waals surface area contributed by atoms with Crippen molar-refractivity contribution >= 4 is 8.32 Å². The summed E-state index contributed by atoms with van der Waals surface area (Å²) < 4.78 is 11.9. The molecule has 0 unspecified atom stereocenters. The first kappa shape index (κ1) is 17.8. The molecule has 0 aromatic heterocycles. The van der Waals surface area contributed by atoms with Gasteiger partial charge in [0.25, 0.3) is 8.32 Å². The van der Waals surface area contributed by atoms with Crippen molar-refractivity contribution in [1.29, 1.82) is 0 Å². The molecule has 0 bridgehead atoms. The zero-order chi connectivity index (χ0) is 16.3. The van der Waals surface area contributed by atoms with E-state index < -0.39 is 8.32 Å². The molecular formula is C17H28O3Si. The second-order valence-corrected chi connectivity index (χ2v) is 11.5. The van der Waals surface area contributed by atoms with Crippen molar-refractivity contribution in [3.05, 3.63) is 35.9 Å². The number of hydrogen-bond donors (Lipinski definition) is 1. The molecule has 4 heteroatoms. The molecule has 0 aliphatic heterocycles. The number of aliphatic hydroxyl groups excluding tert-OH is 1. The molecule has 0 amide bonds. The lowest BCUT2D eigenvalue weighted by Crippen LogP contribution is -2.44. The molecule has 1 rings (SSSR count). The molecule has 0 saturated heterocycles. The second-order valence-electron chi connectivity index (χ2n) is 6.75. The Morgan fingerprint density at radius 3 is 2.33 bits per heavy atom. The fraction of sp³-hybridized carbons (Fsp3) is 0.529. The van der Waals surface area contributed by atoms with Crippen molar-refractivity contribution in [2.75, 3.05) is 7.11 Å². The predicted molar refractivity (Wildman–Crippen MR) is 90.6 cm³/mol. The van der Waals surface area contributed by atoms with Gasteiger partial charge < -0.3 is 14.3 Å². The summed E-state index contributed by atoms with van der Waals surface area (Å²) in [6.45, 7) is 14.8. The molecule has 1 aromatic carbocycles. The Morgan fingerprint density at radius 2 is 1.90 bits per heavy atom. The van der Waals surface area contributed by atoms with Crippen molar-refractivity contribution in [3.8, 4) is 11.5 Å². The third kappa shape index (κ3) is 3.89. The van der Waals surface area contributed by atoms with Crippen LogP contribution >= 0.6 is 0 Å². The van der Waals surface area contributed by atoms with E-state index in [2.05, 4.69) is 40.4 Å². The van der Waals surface area contributed by atoms with Gasteiger partial charge in [-0.1, -0.05) is 32.9 Å². The summed E-state index contributed by atoms with van der Waals surface area (Å²) in [6, 6.07) is 3.75. The Bertz CT molecular complexity index is 501. The highest BCUT2D eigenvalue weighted by atomic mass is 28.4. The molecule has 21 heavy (non-hydrogen) atoms. The third-order valence-electron chi connectivity index (χ3n) is 4.22. The third-order valence-corrected chi connectivity index (χ3v) is 8.55. The smallest absolute Gasteiger partial charge is 0.250 e. The largest absolute Gasteiger partial charge is 0.541 e. The van der Waals surface area contributed by atoms with Gasteiger partial charge in [-0.15, -0.1) is 6.58 Å². The van der Waals surface area contributed by atoms with E-state index in [9.17, 15) is 5.11 Å². The van der Waals surface area contributed by atoms with Crippen LogP contribution in [0.5, 0.6) is 11.5 Å². The van der Waals surface area contributed by atoms with Gasteiger partial charge in [0, 0.05) is 5.56 Å². The minimum absolute atomic E-state index is 0.0129. The molecule has 1 aromatic rings. The van der Waals surface area contributed by atoms with Crippen LogP contribution in [0.15, 0.2) is 24.8 Å². The van der Waals surface area contributed by atoms with Gasteiger partial charge in [-0.05, 0) is 36.2 Å². The molecular weight excluding hydrogens is 280 g/mol. The molecule has 118 valence electrons. The Morgan fingerprint density at radius 1 is 1.29 bits per heavy atom. The van der Waals surface area contributed by atoms with Gasteiger partial charge in [-0.25, -0.2) is 0 Å². The predicted octanol–water partition coefficient (Wildman–Crippen LogP) is 4.30. The van der Waals surface area contributed by atoms with Crippen LogP contribution in [0.3, 0.4) is 0 Å². The first-order valence-corrected chi connectivity index (χ1v) is 10.2. The van der Waals surface area contributed by atoms with Gasteiger partial charge in [-0.2, -0.15) is 0 Å². The van der Waals surface area contributed by atoms with Crippen molar-refractivity contribution in [2.45, 2.75) is 51.9 Å². The van der Waals surface area contributed by atoms with E-state index in [1.807, 2.05) is 18.2 Å². The monoisotopic (exact) mass is 308 g/mol. The minimum atomic E-state index is -1.99. The van der Waals surface area contributed by atoms with E-state index >= 15 is 0 Å². The Balaban J connectivity index is 3.40. The molecule has 0 atom stereocenters. The zero-order valence-electron chi connectivity index (χ0n) is 14.1. The van der Waals surface area contributed by atoms with E-state index in [1.165, 1.54) is 0 Å². The van der Waals surface area contributed by atoms with Crippen LogP contribution in [0.1, 0.15) is 31.9 Å². The number of ether oxygens (including phenoxy) is 1. The van der Waals surface area contributed by atoms with E-state index in [0.29, 0.717) is 12.2 Å². The normalized spacial score (nSPS) is 12.1. The molecule has 0 radical (unpaired) electrons. The van der Waals surface area contributed by atoms with Crippen LogP contribution in [0.25, 0.3) is 0 Å². The van der Waals surface area contributed by atoms with Gasteiger partial charge in [0.1, 0.15) is 0 Å². The van der Waals surface area contributed by atoms with Gasteiger partial charge in [0.05, 0.1) is 13.7 Å².